The molecule has 0 bridgehead atoms. The summed E-state index contributed by atoms with van der Waals surface area (Å²) in [6.07, 6.45) is 12.6. The van der Waals surface area contributed by atoms with Gasteiger partial charge in [0.1, 0.15) is 11.5 Å². The Bertz CT molecular complexity index is 1770. The van der Waals surface area contributed by atoms with Crippen molar-refractivity contribution in [2.45, 2.75) is 61.6 Å². The second-order valence-corrected chi connectivity index (χ2v) is 13.6. The maximum atomic E-state index is 14.3. The van der Waals surface area contributed by atoms with E-state index in [0.717, 1.165) is 40.9 Å². The molecule has 2 fully saturated rings. The largest absolute Gasteiger partial charge is 0.350 e. The van der Waals surface area contributed by atoms with Crippen molar-refractivity contribution in [1.82, 2.24) is 19.3 Å². The number of fused-ring (bicyclic) bond motifs is 2. The second kappa shape index (κ2) is 9.09. The quantitative estimate of drug-likeness (QED) is 0.285. The number of nitrogens with zero attached hydrogens (tertiary/aromatic N) is 4. The Balaban J connectivity index is 1.30. The third-order valence-corrected chi connectivity index (χ3v) is 10.9. The molecule has 3 aliphatic rings. The number of aryl methyl sites for hydroxylation is 1. The summed E-state index contributed by atoms with van der Waals surface area (Å²) in [5.74, 6) is -0.486. The molecule has 0 radical (unpaired) electrons. The van der Waals surface area contributed by atoms with Gasteiger partial charge in [-0.1, -0.05) is 11.6 Å². The average Bonchev–Trinajstić information content (AvgIpc) is 3.53. The molecule has 7 rings (SSSR count). The van der Waals surface area contributed by atoms with Crippen molar-refractivity contribution in [2.24, 2.45) is 5.41 Å². The third kappa shape index (κ3) is 4.06. The Kier molecular flexibility index (Phi) is 5.71. The van der Waals surface area contributed by atoms with Crippen LogP contribution in [0.1, 0.15) is 65.5 Å². The minimum absolute atomic E-state index is 0.158. The lowest BCUT2D eigenvalue weighted by molar-refractivity contribution is 0.0796. The molecule has 3 aromatic heterocycles. The van der Waals surface area contributed by atoms with E-state index in [1.807, 2.05) is 29.8 Å². The standard InChI is InChI=1S/C31H29FN4O3S/c1-20-2-11-28(33-17-20)30(37)31-15-21-18-34-36(25-6-4-23(32)5-7-25)29(21)14-22(31)3-10-26(16-31)40(38,39)27-12-13-35(19-27)24-8-9-24/h2,4-7,11-14,17-19,24,26H,3,8-10,15-16H2,1H3/t26-,31-/m0/s1. The van der Waals surface area contributed by atoms with Crippen LogP contribution in [0.3, 0.4) is 0 Å². The van der Waals surface area contributed by atoms with Crippen molar-refractivity contribution in [2.75, 3.05) is 0 Å². The number of halogens is 1. The predicted octanol–water partition coefficient (Wildman–Crippen LogP) is 5.69. The molecule has 0 spiro atoms. The number of rotatable bonds is 6. The fourth-order valence-corrected chi connectivity index (χ4v) is 8.15. The van der Waals surface area contributed by atoms with Gasteiger partial charge in [-0.25, -0.2) is 17.5 Å². The summed E-state index contributed by atoms with van der Waals surface area (Å²) < 4.78 is 45.2. The zero-order chi connectivity index (χ0) is 27.6. The summed E-state index contributed by atoms with van der Waals surface area (Å²) in [6.45, 7) is 1.92. The Morgan fingerprint density at radius 2 is 1.85 bits per heavy atom. The van der Waals surface area contributed by atoms with Crippen LogP contribution < -0.4 is 0 Å². The number of Topliss-reactive ketones (excluding diaryl/α,β-unsaturated/α-hetero) is 1. The molecule has 0 aliphatic heterocycles. The van der Waals surface area contributed by atoms with E-state index >= 15 is 0 Å². The van der Waals surface area contributed by atoms with E-state index < -0.39 is 20.5 Å². The highest BCUT2D eigenvalue weighted by Gasteiger charge is 2.52. The molecule has 2 saturated carbocycles. The molecule has 9 heteroatoms. The van der Waals surface area contributed by atoms with Gasteiger partial charge in [0, 0.05) is 24.6 Å². The summed E-state index contributed by atoms with van der Waals surface area (Å²) in [5, 5.41) is 3.88. The van der Waals surface area contributed by atoms with Gasteiger partial charge in [-0.3, -0.25) is 9.78 Å². The summed E-state index contributed by atoms with van der Waals surface area (Å²) in [6, 6.07) is 11.8. The van der Waals surface area contributed by atoms with Crippen LogP contribution in [-0.4, -0.2) is 38.8 Å². The summed E-state index contributed by atoms with van der Waals surface area (Å²) in [4.78, 5) is 19.1. The third-order valence-electron chi connectivity index (χ3n) is 8.69. The Morgan fingerprint density at radius 1 is 1.05 bits per heavy atom. The number of pyridine rings is 1. The summed E-state index contributed by atoms with van der Waals surface area (Å²) >= 11 is 0. The smallest absolute Gasteiger partial charge is 0.191 e. The molecule has 2 atom stereocenters. The van der Waals surface area contributed by atoms with Crippen LogP contribution in [0.4, 0.5) is 4.39 Å². The zero-order valence-electron chi connectivity index (χ0n) is 22.1. The Hall–Kier alpha value is -3.85. The highest BCUT2D eigenvalue weighted by atomic mass is 32.2. The van der Waals surface area contributed by atoms with Crippen LogP contribution >= 0.6 is 0 Å². The lowest BCUT2D eigenvalue weighted by Gasteiger charge is -2.43. The lowest BCUT2D eigenvalue weighted by Crippen LogP contribution is -2.45. The Labute approximate surface area is 232 Å². The van der Waals surface area contributed by atoms with Gasteiger partial charge in [0.15, 0.2) is 15.6 Å². The molecule has 40 heavy (non-hydrogen) atoms. The summed E-state index contributed by atoms with van der Waals surface area (Å²) in [5.41, 5.74) is 3.55. The fraction of sp³-hybridized carbons (Fsp3) is 0.323. The van der Waals surface area contributed by atoms with E-state index in [1.54, 1.807) is 47.5 Å². The van der Waals surface area contributed by atoms with E-state index in [9.17, 15) is 17.6 Å². The van der Waals surface area contributed by atoms with Gasteiger partial charge in [-0.05, 0) is 99.0 Å². The number of carbonyl (C=O) groups excluding carboxylic acids is 1. The second-order valence-electron chi connectivity index (χ2n) is 11.4. The van der Waals surface area contributed by atoms with Crippen molar-refractivity contribution in [3.63, 3.8) is 0 Å². The topological polar surface area (TPSA) is 86.9 Å². The number of carbonyl (C=O) groups is 1. The molecular formula is C31H29FN4O3S. The first-order chi connectivity index (χ1) is 19.2. The van der Waals surface area contributed by atoms with Crippen molar-refractivity contribution < 1.29 is 17.6 Å². The molecule has 204 valence electrons. The van der Waals surface area contributed by atoms with Crippen molar-refractivity contribution >= 4 is 21.7 Å². The van der Waals surface area contributed by atoms with E-state index in [2.05, 4.69) is 10.1 Å². The fourth-order valence-electron chi connectivity index (χ4n) is 6.32. The molecular weight excluding hydrogens is 527 g/mol. The molecule has 0 N–H and O–H groups in total. The minimum Gasteiger partial charge on any atom is -0.350 e. The number of hydrogen-bond donors (Lipinski definition) is 0. The van der Waals surface area contributed by atoms with E-state index in [-0.39, 0.29) is 18.0 Å². The van der Waals surface area contributed by atoms with Crippen LogP contribution in [0.15, 0.2) is 77.7 Å². The highest BCUT2D eigenvalue weighted by molar-refractivity contribution is 7.92. The van der Waals surface area contributed by atoms with E-state index in [0.29, 0.717) is 35.9 Å². The number of aromatic nitrogens is 4. The lowest BCUT2D eigenvalue weighted by atomic mass is 9.61. The van der Waals surface area contributed by atoms with E-state index in [1.165, 1.54) is 12.1 Å². The maximum Gasteiger partial charge on any atom is 0.191 e. The van der Waals surface area contributed by atoms with Gasteiger partial charge in [0.2, 0.25) is 0 Å². The van der Waals surface area contributed by atoms with Crippen LogP contribution in [-0.2, 0) is 16.3 Å². The van der Waals surface area contributed by atoms with Crippen LogP contribution in [0.25, 0.3) is 11.8 Å². The van der Waals surface area contributed by atoms with E-state index in [4.69, 9.17) is 0 Å². The Morgan fingerprint density at radius 3 is 2.58 bits per heavy atom. The monoisotopic (exact) mass is 556 g/mol. The van der Waals surface area contributed by atoms with Crippen LogP contribution in [0, 0.1) is 18.2 Å². The molecule has 7 nitrogen and oxygen atoms in total. The summed E-state index contributed by atoms with van der Waals surface area (Å²) in [7, 11) is -3.65. The number of allylic oxidation sites excluding steroid dienone is 1. The molecule has 1 aromatic carbocycles. The van der Waals surface area contributed by atoms with Gasteiger partial charge in [0.05, 0.1) is 33.1 Å². The van der Waals surface area contributed by atoms with Gasteiger partial charge >= 0.3 is 0 Å². The van der Waals surface area contributed by atoms with Gasteiger partial charge < -0.3 is 4.57 Å². The van der Waals surface area contributed by atoms with Crippen molar-refractivity contribution in [1.29, 1.82) is 0 Å². The van der Waals surface area contributed by atoms with Crippen LogP contribution in [0.2, 0.25) is 0 Å². The molecule has 0 unspecified atom stereocenters. The number of hydrogen-bond acceptors (Lipinski definition) is 5. The van der Waals surface area contributed by atoms with Crippen LogP contribution in [0.5, 0.6) is 0 Å². The van der Waals surface area contributed by atoms with Crippen molar-refractivity contribution in [3.8, 4) is 5.69 Å². The number of sulfone groups is 1. The SMILES string of the molecule is Cc1ccc(C(=O)[C@]23Cc4cnn(-c5ccc(F)cc5)c4C=C2CC[C@H](S(=O)(=O)c2ccn(C4CC4)c2)C3)nc1. The maximum absolute atomic E-state index is 14.3. The van der Waals surface area contributed by atoms with Gasteiger partial charge in [-0.15, -0.1) is 0 Å². The number of benzene rings is 1. The first kappa shape index (κ1) is 25.1. The van der Waals surface area contributed by atoms with Gasteiger partial charge in [0.25, 0.3) is 0 Å². The molecule has 4 aromatic rings. The number of ketones is 1. The average molecular weight is 557 g/mol. The zero-order valence-corrected chi connectivity index (χ0v) is 22.9. The predicted molar refractivity (Wildman–Crippen MR) is 148 cm³/mol. The van der Waals surface area contributed by atoms with Gasteiger partial charge in [-0.2, -0.15) is 5.10 Å². The normalized spacial score (nSPS) is 22.4. The molecule has 0 amide bonds. The first-order valence-corrected chi connectivity index (χ1v) is 15.2. The van der Waals surface area contributed by atoms with Crippen molar-refractivity contribution in [3.05, 3.63) is 101 Å². The molecule has 0 saturated heterocycles. The first-order valence-electron chi connectivity index (χ1n) is 13.7. The highest BCUT2D eigenvalue weighted by Crippen LogP contribution is 2.52. The molecule has 3 aliphatic carbocycles. The minimum atomic E-state index is -3.65. The molecule has 3 heterocycles.